The molecule has 1 aromatic rings. The summed E-state index contributed by atoms with van der Waals surface area (Å²) >= 11 is 3.47. The van der Waals surface area contributed by atoms with Gasteiger partial charge in [-0.05, 0) is 50.8 Å². The van der Waals surface area contributed by atoms with Crippen LogP contribution in [0, 0.1) is 0 Å². The van der Waals surface area contributed by atoms with Crippen LogP contribution in [-0.4, -0.2) is 30.8 Å². The molecule has 0 saturated carbocycles. The monoisotopic (exact) mass is 340 g/mol. The van der Waals surface area contributed by atoms with Crippen molar-refractivity contribution in [3.05, 3.63) is 34.3 Å². The summed E-state index contributed by atoms with van der Waals surface area (Å²) in [5, 5.41) is 3.63. The van der Waals surface area contributed by atoms with E-state index in [1.54, 1.807) is 0 Å². The van der Waals surface area contributed by atoms with Gasteiger partial charge >= 0.3 is 0 Å². The summed E-state index contributed by atoms with van der Waals surface area (Å²) in [7, 11) is 0. The van der Waals surface area contributed by atoms with Crippen molar-refractivity contribution in [3.63, 3.8) is 0 Å². The molecule has 112 valence electrons. The maximum Gasteiger partial charge on any atom is 0.0779 e. The molecule has 0 aromatic heterocycles. The molecule has 1 fully saturated rings. The smallest absolute Gasteiger partial charge is 0.0779 e. The average molecular weight is 341 g/mol. The Labute approximate surface area is 130 Å². The number of ether oxygens (including phenoxy) is 1. The number of benzene rings is 1. The van der Waals surface area contributed by atoms with Gasteiger partial charge in [0.05, 0.1) is 5.60 Å². The highest BCUT2D eigenvalue weighted by Crippen LogP contribution is 2.25. The Balaban J connectivity index is 1.95. The first-order valence-electron chi connectivity index (χ1n) is 7.28. The second-order valence-electron chi connectivity index (χ2n) is 6.32. The molecule has 4 heteroatoms. The predicted molar refractivity (Wildman–Crippen MR) is 86.9 cm³/mol. The maximum atomic E-state index is 6.00. The number of hydrogen-bond acceptors (Lipinski definition) is 3. The van der Waals surface area contributed by atoms with Crippen LogP contribution in [0.3, 0.4) is 0 Å². The molecular weight excluding hydrogens is 316 g/mol. The zero-order valence-electron chi connectivity index (χ0n) is 12.4. The topological polar surface area (TPSA) is 47.3 Å². The third kappa shape index (κ3) is 4.29. The van der Waals surface area contributed by atoms with Crippen molar-refractivity contribution in [3.8, 4) is 0 Å². The van der Waals surface area contributed by atoms with Crippen LogP contribution >= 0.6 is 15.9 Å². The van der Waals surface area contributed by atoms with Gasteiger partial charge < -0.3 is 15.8 Å². The molecule has 1 saturated heterocycles. The SMILES string of the molecule is CC(CN)(Cc1ccc(Br)cc1)NCC1(C)CCCO1. The molecule has 1 aliphatic heterocycles. The van der Waals surface area contributed by atoms with Gasteiger partial charge in [-0.1, -0.05) is 28.1 Å². The Morgan fingerprint density at radius 2 is 2.10 bits per heavy atom. The Hall–Kier alpha value is -0.420. The summed E-state index contributed by atoms with van der Waals surface area (Å²) in [6, 6.07) is 8.45. The summed E-state index contributed by atoms with van der Waals surface area (Å²) in [5.41, 5.74) is 7.17. The van der Waals surface area contributed by atoms with Gasteiger partial charge in [0, 0.05) is 29.7 Å². The van der Waals surface area contributed by atoms with Crippen LogP contribution in [-0.2, 0) is 11.2 Å². The molecule has 1 aromatic carbocycles. The minimum Gasteiger partial charge on any atom is -0.374 e. The fourth-order valence-electron chi connectivity index (χ4n) is 2.64. The van der Waals surface area contributed by atoms with Crippen molar-refractivity contribution in [1.29, 1.82) is 0 Å². The van der Waals surface area contributed by atoms with Gasteiger partial charge in [0.2, 0.25) is 0 Å². The van der Waals surface area contributed by atoms with Crippen LogP contribution in [0.15, 0.2) is 28.7 Å². The Bertz CT molecular complexity index is 429. The summed E-state index contributed by atoms with van der Waals surface area (Å²) in [6.45, 7) is 6.72. The molecule has 3 nitrogen and oxygen atoms in total. The van der Waals surface area contributed by atoms with E-state index in [1.165, 1.54) is 5.56 Å². The molecule has 0 amide bonds. The second-order valence-corrected chi connectivity index (χ2v) is 7.24. The lowest BCUT2D eigenvalue weighted by molar-refractivity contribution is 0.0151. The molecule has 0 bridgehead atoms. The molecule has 2 unspecified atom stereocenters. The number of halogens is 1. The molecule has 0 spiro atoms. The Morgan fingerprint density at radius 3 is 2.65 bits per heavy atom. The highest BCUT2D eigenvalue weighted by molar-refractivity contribution is 9.10. The fourth-order valence-corrected chi connectivity index (χ4v) is 2.90. The molecule has 3 N–H and O–H groups in total. The minimum atomic E-state index is -0.0945. The van der Waals surface area contributed by atoms with Crippen LogP contribution in [0.5, 0.6) is 0 Å². The highest BCUT2D eigenvalue weighted by Gasteiger charge is 2.32. The van der Waals surface area contributed by atoms with E-state index in [2.05, 4.69) is 59.4 Å². The quantitative estimate of drug-likeness (QED) is 0.836. The third-order valence-corrected chi connectivity index (χ3v) is 4.68. The van der Waals surface area contributed by atoms with Crippen LogP contribution in [0.4, 0.5) is 0 Å². The van der Waals surface area contributed by atoms with E-state index >= 15 is 0 Å². The molecule has 1 aliphatic rings. The maximum absolute atomic E-state index is 6.00. The van der Waals surface area contributed by atoms with Crippen molar-refractivity contribution in [1.82, 2.24) is 5.32 Å². The third-order valence-electron chi connectivity index (χ3n) is 4.15. The van der Waals surface area contributed by atoms with Crippen LogP contribution in [0.25, 0.3) is 0 Å². The Morgan fingerprint density at radius 1 is 1.40 bits per heavy atom. The summed E-state index contributed by atoms with van der Waals surface area (Å²) in [4.78, 5) is 0. The van der Waals surface area contributed by atoms with E-state index in [9.17, 15) is 0 Å². The molecular formula is C16H25BrN2O. The molecule has 0 aliphatic carbocycles. The molecule has 20 heavy (non-hydrogen) atoms. The van der Waals surface area contributed by atoms with E-state index in [0.717, 1.165) is 36.9 Å². The van der Waals surface area contributed by atoms with E-state index in [1.807, 2.05) is 0 Å². The van der Waals surface area contributed by atoms with Crippen molar-refractivity contribution < 1.29 is 4.74 Å². The zero-order chi connectivity index (χ0) is 14.6. The first-order chi connectivity index (χ1) is 9.45. The average Bonchev–Trinajstić information content (AvgIpc) is 2.87. The normalized spacial score (nSPS) is 25.6. The highest BCUT2D eigenvalue weighted by atomic mass is 79.9. The van der Waals surface area contributed by atoms with Crippen molar-refractivity contribution in [2.75, 3.05) is 19.7 Å². The minimum absolute atomic E-state index is 0.0316. The van der Waals surface area contributed by atoms with Crippen molar-refractivity contribution in [2.45, 2.75) is 44.2 Å². The van der Waals surface area contributed by atoms with Gasteiger partial charge in [-0.15, -0.1) is 0 Å². The van der Waals surface area contributed by atoms with E-state index in [4.69, 9.17) is 10.5 Å². The summed E-state index contributed by atoms with van der Waals surface area (Å²) in [6.07, 6.45) is 3.20. The predicted octanol–water partition coefficient (Wildman–Crippen LogP) is 2.87. The van der Waals surface area contributed by atoms with E-state index in [-0.39, 0.29) is 11.1 Å². The van der Waals surface area contributed by atoms with E-state index < -0.39 is 0 Å². The lowest BCUT2D eigenvalue weighted by Gasteiger charge is -2.34. The van der Waals surface area contributed by atoms with Gasteiger partial charge in [-0.25, -0.2) is 0 Å². The van der Waals surface area contributed by atoms with Crippen molar-refractivity contribution >= 4 is 15.9 Å². The lowest BCUT2D eigenvalue weighted by atomic mass is 9.91. The molecule has 0 radical (unpaired) electrons. The second kappa shape index (κ2) is 6.56. The van der Waals surface area contributed by atoms with Crippen LogP contribution < -0.4 is 11.1 Å². The standard InChI is InChI=1S/C16H25BrN2O/c1-15(11-18,10-13-4-6-14(17)7-5-13)19-12-16(2)8-3-9-20-16/h4-7,19H,3,8-12,18H2,1-2H3. The van der Waals surface area contributed by atoms with Crippen LogP contribution in [0.1, 0.15) is 32.3 Å². The molecule has 2 atom stereocenters. The van der Waals surface area contributed by atoms with Crippen molar-refractivity contribution in [2.24, 2.45) is 5.73 Å². The summed E-state index contributed by atoms with van der Waals surface area (Å²) in [5.74, 6) is 0. The van der Waals surface area contributed by atoms with E-state index in [0.29, 0.717) is 6.54 Å². The number of hydrogen-bond donors (Lipinski definition) is 2. The fraction of sp³-hybridized carbons (Fsp3) is 0.625. The van der Waals surface area contributed by atoms with Gasteiger partial charge in [-0.2, -0.15) is 0 Å². The Kier molecular flexibility index (Phi) is 5.24. The van der Waals surface area contributed by atoms with Gasteiger partial charge in [0.15, 0.2) is 0 Å². The lowest BCUT2D eigenvalue weighted by Crippen LogP contribution is -2.54. The summed E-state index contributed by atoms with van der Waals surface area (Å²) < 4.78 is 6.94. The van der Waals surface area contributed by atoms with Gasteiger partial charge in [0.1, 0.15) is 0 Å². The zero-order valence-corrected chi connectivity index (χ0v) is 14.0. The first kappa shape index (κ1) is 16.0. The first-order valence-corrected chi connectivity index (χ1v) is 8.08. The largest absolute Gasteiger partial charge is 0.374 e. The molecule has 1 heterocycles. The van der Waals surface area contributed by atoms with Crippen LogP contribution in [0.2, 0.25) is 0 Å². The molecule has 2 rings (SSSR count). The number of rotatable bonds is 6. The number of nitrogens with one attached hydrogen (secondary N) is 1. The van der Waals surface area contributed by atoms with Gasteiger partial charge in [0.25, 0.3) is 0 Å². The number of nitrogens with two attached hydrogens (primary N) is 1. The van der Waals surface area contributed by atoms with Gasteiger partial charge in [-0.3, -0.25) is 0 Å².